The summed E-state index contributed by atoms with van der Waals surface area (Å²) in [6.45, 7) is 10.2. The molecule has 0 radical (unpaired) electrons. The molecular weight excluding hydrogens is 206 g/mol. The second-order valence-corrected chi connectivity index (χ2v) is 5.01. The zero-order valence-corrected chi connectivity index (χ0v) is 10.9. The number of ether oxygens (including phenoxy) is 1. The molecule has 1 aromatic heterocycles. The summed E-state index contributed by atoms with van der Waals surface area (Å²) >= 11 is 1.82. The lowest BCUT2D eigenvalue weighted by Gasteiger charge is -2.14. The third-order valence-electron chi connectivity index (χ3n) is 2.30. The maximum Gasteiger partial charge on any atom is 0.0594 e. The van der Waals surface area contributed by atoms with Gasteiger partial charge in [-0.05, 0) is 44.7 Å². The molecule has 1 heterocycles. The molecule has 0 aliphatic carbocycles. The largest absolute Gasteiger partial charge is 0.377 e. The molecule has 15 heavy (non-hydrogen) atoms. The number of aryl methyl sites for hydroxylation is 1. The van der Waals surface area contributed by atoms with Crippen molar-refractivity contribution in [3.05, 3.63) is 21.9 Å². The lowest BCUT2D eigenvalue weighted by molar-refractivity contribution is 0.0796. The van der Waals surface area contributed by atoms with Crippen molar-refractivity contribution < 1.29 is 4.74 Å². The van der Waals surface area contributed by atoms with E-state index in [0.717, 1.165) is 13.2 Å². The molecule has 0 saturated carbocycles. The standard InChI is InChI=1S/C12H21NOS/c1-9(2)14-7-6-13-11(4)12-10(3)5-8-15-12/h5,8-9,11,13H,6-7H2,1-4H3. The zero-order chi connectivity index (χ0) is 11.3. The van der Waals surface area contributed by atoms with Crippen LogP contribution in [0.25, 0.3) is 0 Å². The molecule has 1 aromatic rings. The normalized spacial score (nSPS) is 13.4. The Balaban J connectivity index is 2.25. The van der Waals surface area contributed by atoms with Gasteiger partial charge in [0.1, 0.15) is 0 Å². The summed E-state index contributed by atoms with van der Waals surface area (Å²) in [4.78, 5) is 1.43. The first-order valence-electron chi connectivity index (χ1n) is 5.50. The Morgan fingerprint density at radius 2 is 2.13 bits per heavy atom. The van der Waals surface area contributed by atoms with Gasteiger partial charge in [-0.3, -0.25) is 0 Å². The third-order valence-corrected chi connectivity index (χ3v) is 3.50. The van der Waals surface area contributed by atoms with Crippen molar-refractivity contribution in [2.75, 3.05) is 13.2 Å². The molecule has 2 nitrogen and oxygen atoms in total. The van der Waals surface area contributed by atoms with Crippen LogP contribution < -0.4 is 5.32 Å². The van der Waals surface area contributed by atoms with Crippen molar-refractivity contribution in [2.45, 2.75) is 39.8 Å². The predicted octanol–water partition coefficient (Wildman–Crippen LogP) is 3.13. The molecule has 0 amide bonds. The molecule has 0 aromatic carbocycles. The lowest BCUT2D eigenvalue weighted by Crippen LogP contribution is -2.24. The van der Waals surface area contributed by atoms with Gasteiger partial charge in [-0.25, -0.2) is 0 Å². The maximum absolute atomic E-state index is 5.48. The summed E-state index contributed by atoms with van der Waals surface area (Å²) in [5.41, 5.74) is 1.38. The Labute approximate surface area is 96.7 Å². The third kappa shape index (κ3) is 4.33. The quantitative estimate of drug-likeness (QED) is 0.754. The van der Waals surface area contributed by atoms with E-state index in [2.05, 4.69) is 44.5 Å². The van der Waals surface area contributed by atoms with E-state index in [1.165, 1.54) is 10.4 Å². The first-order valence-corrected chi connectivity index (χ1v) is 6.38. The summed E-state index contributed by atoms with van der Waals surface area (Å²) in [6.07, 6.45) is 0.325. The van der Waals surface area contributed by atoms with Gasteiger partial charge in [-0.15, -0.1) is 11.3 Å². The fourth-order valence-corrected chi connectivity index (χ4v) is 2.45. The van der Waals surface area contributed by atoms with Crippen LogP contribution >= 0.6 is 11.3 Å². The number of hydrogen-bond donors (Lipinski definition) is 1. The summed E-state index contributed by atoms with van der Waals surface area (Å²) < 4.78 is 5.48. The highest BCUT2D eigenvalue weighted by Gasteiger charge is 2.08. The molecule has 0 aliphatic heterocycles. The van der Waals surface area contributed by atoms with Gasteiger partial charge in [0.05, 0.1) is 12.7 Å². The van der Waals surface area contributed by atoms with Crippen LogP contribution in [-0.4, -0.2) is 19.3 Å². The van der Waals surface area contributed by atoms with Gasteiger partial charge in [0.25, 0.3) is 0 Å². The summed E-state index contributed by atoms with van der Waals surface area (Å²) in [5, 5.41) is 5.61. The molecule has 1 N–H and O–H groups in total. The predicted molar refractivity (Wildman–Crippen MR) is 66.6 cm³/mol. The van der Waals surface area contributed by atoms with E-state index in [4.69, 9.17) is 4.74 Å². The number of nitrogens with one attached hydrogen (secondary N) is 1. The molecule has 1 unspecified atom stereocenters. The zero-order valence-electron chi connectivity index (χ0n) is 10.0. The average Bonchev–Trinajstić information content (AvgIpc) is 2.58. The van der Waals surface area contributed by atoms with Gasteiger partial charge in [0.2, 0.25) is 0 Å². The Morgan fingerprint density at radius 1 is 1.40 bits per heavy atom. The van der Waals surface area contributed by atoms with E-state index in [1.807, 2.05) is 11.3 Å². The molecule has 1 atom stereocenters. The van der Waals surface area contributed by atoms with Gasteiger partial charge in [-0.1, -0.05) is 0 Å². The van der Waals surface area contributed by atoms with E-state index in [0.29, 0.717) is 12.1 Å². The van der Waals surface area contributed by atoms with Crippen LogP contribution in [0.3, 0.4) is 0 Å². The lowest BCUT2D eigenvalue weighted by atomic mass is 10.2. The molecule has 3 heteroatoms. The molecule has 86 valence electrons. The number of thiophene rings is 1. The van der Waals surface area contributed by atoms with Crippen LogP contribution in [-0.2, 0) is 4.74 Å². The molecule has 0 fully saturated rings. The number of hydrogen-bond acceptors (Lipinski definition) is 3. The van der Waals surface area contributed by atoms with E-state index in [9.17, 15) is 0 Å². The first-order chi connectivity index (χ1) is 7.11. The Hall–Kier alpha value is -0.380. The minimum absolute atomic E-state index is 0.325. The van der Waals surface area contributed by atoms with Gasteiger partial charge in [0, 0.05) is 17.5 Å². The highest BCUT2D eigenvalue weighted by Crippen LogP contribution is 2.22. The summed E-state index contributed by atoms with van der Waals surface area (Å²) in [5.74, 6) is 0. The number of rotatable bonds is 6. The van der Waals surface area contributed by atoms with E-state index < -0.39 is 0 Å². The van der Waals surface area contributed by atoms with E-state index >= 15 is 0 Å². The van der Waals surface area contributed by atoms with Crippen molar-refractivity contribution >= 4 is 11.3 Å². The maximum atomic E-state index is 5.48. The topological polar surface area (TPSA) is 21.3 Å². The van der Waals surface area contributed by atoms with Crippen LogP contribution in [0.5, 0.6) is 0 Å². The van der Waals surface area contributed by atoms with Crippen molar-refractivity contribution in [3.8, 4) is 0 Å². The summed E-state index contributed by atoms with van der Waals surface area (Å²) in [7, 11) is 0. The van der Waals surface area contributed by atoms with Gasteiger partial charge in [0.15, 0.2) is 0 Å². The molecular formula is C12H21NOS. The van der Waals surface area contributed by atoms with Gasteiger partial charge < -0.3 is 10.1 Å². The fraction of sp³-hybridized carbons (Fsp3) is 0.667. The van der Waals surface area contributed by atoms with E-state index in [1.54, 1.807) is 0 Å². The van der Waals surface area contributed by atoms with Crippen LogP contribution in [0.15, 0.2) is 11.4 Å². The Bertz CT molecular complexity index is 283. The van der Waals surface area contributed by atoms with Crippen LogP contribution in [0.1, 0.15) is 37.3 Å². The van der Waals surface area contributed by atoms with Crippen molar-refractivity contribution in [1.29, 1.82) is 0 Å². The fourth-order valence-electron chi connectivity index (χ4n) is 1.49. The van der Waals surface area contributed by atoms with Crippen molar-refractivity contribution in [3.63, 3.8) is 0 Å². The Morgan fingerprint density at radius 3 is 2.67 bits per heavy atom. The molecule has 1 rings (SSSR count). The molecule has 0 aliphatic rings. The summed E-state index contributed by atoms with van der Waals surface area (Å²) in [6, 6.07) is 2.60. The van der Waals surface area contributed by atoms with Crippen molar-refractivity contribution in [2.24, 2.45) is 0 Å². The van der Waals surface area contributed by atoms with Crippen molar-refractivity contribution in [1.82, 2.24) is 5.32 Å². The van der Waals surface area contributed by atoms with Gasteiger partial charge >= 0.3 is 0 Å². The van der Waals surface area contributed by atoms with Crippen LogP contribution in [0.4, 0.5) is 0 Å². The minimum atomic E-state index is 0.325. The molecule has 0 saturated heterocycles. The SMILES string of the molecule is Cc1ccsc1C(C)NCCOC(C)C. The second kappa shape index (κ2) is 6.26. The van der Waals surface area contributed by atoms with E-state index in [-0.39, 0.29) is 0 Å². The highest BCUT2D eigenvalue weighted by molar-refractivity contribution is 7.10. The van der Waals surface area contributed by atoms with Crippen LogP contribution in [0, 0.1) is 6.92 Å². The monoisotopic (exact) mass is 227 g/mol. The second-order valence-electron chi connectivity index (χ2n) is 4.06. The Kier molecular flexibility index (Phi) is 5.29. The molecule has 0 spiro atoms. The minimum Gasteiger partial charge on any atom is -0.377 e. The average molecular weight is 227 g/mol. The van der Waals surface area contributed by atoms with Crippen LogP contribution in [0.2, 0.25) is 0 Å². The van der Waals surface area contributed by atoms with Gasteiger partial charge in [-0.2, -0.15) is 0 Å². The first kappa shape index (κ1) is 12.7. The highest BCUT2D eigenvalue weighted by atomic mass is 32.1. The molecule has 0 bridgehead atoms. The smallest absolute Gasteiger partial charge is 0.0594 e.